The largest absolute Gasteiger partial charge is 0.495 e. The van der Waals surface area contributed by atoms with E-state index in [1.165, 1.54) is 9.80 Å². The van der Waals surface area contributed by atoms with Crippen molar-refractivity contribution in [2.75, 3.05) is 21.2 Å². The Morgan fingerprint density at radius 1 is 1.09 bits per heavy atom. The van der Waals surface area contributed by atoms with E-state index in [9.17, 15) is 9.59 Å². The Hall–Kier alpha value is -0.750. The predicted molar refractivity (Wildman–Crippen MR) is 105 cm³/mol. The van der Waals surface area contributed by atoms with Crippen molar-refractivity contribution >= 4 is 80.4 Å². The molecule has 116 valence electrons. The van der Waals surface area contributed by atoms with Crippen LogP contribution in [0.15, 0.2) is 17.7 Å². The number of likely N-dealkylation sites (N-methyl/N-ethyl adjacent to an activating group) is 2. The molecular formula is C14H12I2N2O3S. The van der Waals surface area contributed by atoms with Crippen LogP contribution in [0, 0.1) is 7.14 Å². The molecule has 0 saturated carbocycles. The van der Waals surface area contributed by atoms with Crippen LogP contribution in [0.2, 0.25) is 0 Å². The van der Waals surface area contributed by atoms with E-state index in [2.05, 4.69) is 45.2 Å². The number of methoxy groups -OCH3 is 1. The molecule has 1 fully saturated rings. The summed E-state index contributed by atoms with van der Waals surface area (Å²) in [6, 6.07) is 3.73. The minimum absolute atomic E-state index is 0.0929. The molecule has 0 aliphatic carbocycles. The van der Waals surface area contributed by atoms with Crippen LogP contribution in [0.4, 0.5) is 0 Å². The number of nitrogens with zero attached hydrogens (tertiary/aromatic N) is 2. The van der Waals surface area contributed by atoms with Crippen molar-refractivity contribution < 1.29 is 14.3 Å². The van der Waals surface area contributed by atoms with Gasteiger partial charge in [-0.3, -0.25) is 19.4 Å². The van der Waals surface area contributed by atoms with Gasteiger partial charge in [0.05, 0.1) is 14.3 Å². The maximum atomic E-state index is 12.3. The highest BCUT2D eigenvalue weighted by Crippen LogP contribution is 2.30. The molecule has 1 heterocycles. The Labute approximate surface area is 160 Å². The van der Waals surface area contributed by atoms with Crippen LogP contribution in [-0.4, -0.2) is 47.9 Å². The van der Waals surface area contributed by atoms with E-state index in [4.69, 9.17) is 17.0 Å². The zero-order chi connectivity index (χ0) is 16.6. The summed E-state index contributed by atoms with van der Waals surface area (Å²) < 4.78 is 7.13. The highest BCUT2D eigenvalue weighted by Gasteiger charge is 2.35. The molecule has 22 heavy (non-hydrogen) atoms. The summed E-state index contributed by atoms with van der Waals surface area (Å²) >= 11 is 9.38. The Morgan fingerprint density at radius 3 is 1.95 bits per heavy atom. The van der Waals surface area contributed by atoms with Crippen LogP contribution in [0.3, 0.4) is 0 Å². The molecule has 0 N–H and O–H groups in total. The number of hydrogen-bond donors (Lipinski definition) is 0. The average molecular weight is 542 g/mol. The standard InChI is InChI=1S/C14H12I2N2O3S/c1-17-12(19)8(13(20)18(2)14(17)22)4-7-5-9(15)11(21-3)10(16)6-7/h4-6H,1-3H3. The lowest BCUT2D eigenvalue weighted by Gasteiger charge is -2.31. The average Bonchev–Trinajstić information content (AvgIpc) is 2.47. The number of thiocarbonyl (C=S) groups is 1. The Kier molecular flexibility index (Phi) is 5.43. The van der Waals surface area contributed by atoms with E-state index < -0.39 is 11.8 Å². The van der Waals surface area contributed by atoms with Crippen LogP contribution < -0.4 is 4.74 Å². The van der Waals surface area contributed by atoms with E-state index in [0.29, 0.717) is 0 Å². The van der Waals surface area contributed by atoms with Gasteiger partial charge in [-0.25, -0.2) is 0 Å². The summed E-state index contributed by atoms with van der Waals surface area (Å²) in [6.45, 7) is 0. The summed E-state index contributed by atoms with van der Waals surface area (Å²) in [5.74, 6) is -0.0112. The summed E-state index contributed by atoms with van der Waals surface area (Å²) in [5, 5.41) is 0.200. The van der Waals surface area contributed by atoms with Gasteiger partial charge in [0.1, 0.15) is 11.3 Å². The van der Waals surface area contributed by atoms with Crippen LogP contribution in [-0.2, 0) is 9.59 Å². The zero-order valence-electron chi connectivity index (χ0n) is 12.0. The third kappa shape index (κ3) is 3.13. The SMILES string of the molecule is COc1c(I)cc(C=C2C(=O)N(C)C(=S)N(C)C2=O)cc1I. The molecule has 1 aromatic carbocycles. The molecule has 0 atom stereocenters. The lowest BCUT2D eigenvalue weighted by atomic mass is 10.1. The fraction of sp³-hybridized carbons (Fsp3) is 0.214. The van der Waals surface area contributed by atoms with Crippen molar-refractivity contribution in [3.63, 3.8) is 0 Å². The van der Waals surface area contributed by atoms with E-state index in [1.807, 2.05) is 12.1 Å². The first-order chi connectivity index (χ1) is 10.3. The number of benzene rings is 1. The second-order valence-electron chi connectivity index (χ2n) is 4.59. The van der Waals surface area contributed by atoms with Gasteiger partial charge < -0.3 is 4.74 Å². The lowest BCUT2D eigenvalue weighted by Crippen LogP contribution is -2.52. The van der Waals surface area contributed by atoms with Gasteiger partial charge >= 0.3 is 0 Å². The van der Waals surface area contributed by atoms with Crippen LogP contribution in [0.5, 0.6) is 5.75 Å². The molecule has 0 aromatic heterocycles. The highest BCUT2D eigenvalue weighted by atomic mass is 127. The van der Waals surface area contributed by atoms with E-state index >= 15 is 0 Å². The molecular weight excluding hydrogens is 530 g/mol. The molecule has 0 spiro atoms. The normalized spacial score (nSPS) is 15.5. The summed E-state index contributed by atoms with van der Waals surface area (Å²) in [6.07, 6.45) is 1.59. The molecule has 1 saturated heterocycles. The van der Waals surface area contributed by atoms with Crippen molar-refractivity contribution in [2.24, 2.45) is 0 Å². The Balaban J connectivity index is 2.50. The van der Waals surface area contributed by atoms with Crippen LogP contribution in [0.1, 0.15) is 5.56 Å². The van der Waals surface area contributed by atoms with Gasteiger partial charge in [-0.1, -0.05) is 0 Å². The smallest absolute Gasteiger partial charge is 0.265 e. The van der Waals surface area contributed by atoms with Crippen molar-refractivity contribution in [1.82, 2.24) is 9.80 Å². The Morgan fingerprint density at radius 2 is 1.55 bits per heavy atom. The van der Waals surface area contributed by atoms with E-state index in [0.717, 1.165) is 18.5 Å². The molecule has 0 bridgehead atoms. The maximum Gasteiger partial charge on any atom is 0.265 e. The summed E-state index contributed by atoms with van der Waals surface area (Å²) in [4.78, 5) is 27.2. The second kappa shape index (κ2) is 6.79. The molecule has 1 aliphatic rings. The number of ether oxygens (including phenoxy) is 1. The van der Waals surface area contributed by atoms with Crippen molar-refractivity contribution in [1.29, 1.82) is 0 Å². The summed E-state index contributed by atoms with van der Waals surface area (Å²) in [7, 11) is 4.73. The summed E-state index contributed by atoms with van der Waals surface area (Å²) in [5.41, 5.74) is 0.858. The van der Waals surface area contributed by atoms with Gasteiger partial charge in [0.2, 0.25) is 0 Å². The molecule has 0 unspecified atom stereocenters. The van der Waals surface area contributed by atoms with Crippen molar-refractivity contribution in [3.8, 4) is 5.75 Å². The number of rotatable bonds is 2. The van der Waals surface area contributed by atoms with Gasteiger partial charge in [0.15, 0.2) is 5.11 Å². The fourth-order valence-corrected chi connectivity index (χ4v) is 4.42. The van der Waals surface area contributed by atoms with Gasteiger partial charge in [-0.2, -0.15) is 0 Å². The van der Waals surface area contributed by atoms with E-state index in [1.54, 1.807) is 27.3 Å². The fourth-order valence-electron chi connectivity index (χ4n) is 2.00. The number of amides is 2. The number of carbonyl (C=O) groups excluding carboxylic acids is 2. The van der Waals surface area contributed by atoms with Gasteiger partial charge in [-0.05, 0) is 81.2 Å². The first-order valence-corrected chi connectivity index (χ1v) is 8.69. The Bertz CT molecular complexity index is 669. The lowest BCUT2D eigenvalue weighted by molar-refractivity contribution is -0.132. The molecule has 5 nitrogen and oxygen atoms in total. The number of carbonyl (C=O) groups is 2. The van der Waals surface area contributed by atoms with Gasteiger partial charge in [-0.15, -0.1) is 0 Å². The zero-order valence-corrected chi connectivity index (χ0v) is 17.1. The maximum absolute atomic E-state index is 12.3. The van der Waals surface area contributed by atoms with Crippen molar-refractivity contribution in [3.05, 3.63) is 30.4 Å². The molecule has 2 amide bonds. The molecule has 0 radical (unpaired) electrons. The van der Waals surface area contributed by atoms with Gasteiger partial charge in [0, 0.05) is 14.1 Å². The first-order valence-electron chi connectivity index (χ1n) is 6.12. The topological polar surface area (TPSA) is 49.9 Å². The number of halogens is 2. The monoisotopic (exact) mass is 542 g/mol. The third-order valence-electron chi connectivity index (χ3n) is 3.18. The quantitative estimate of drug-likeness (QED) is 0.250. The van der Waals surface area contributed by atoms with Crippen LogP contribution >= 0.6 is 57.4 Å². The number of hydrogen-bond acceptors (Lipinski definition) is 4. The molecule has 1 aromatic rings. The second-order valence-corrected chi connectivity index (χ2v) is 7.28. The third-order valence-corrected chi connectivity index (χ3v) is 5.33. The molecule has 8 heteroatoms. The van der Waals surface area contributed by atoms with Crippen molar-refractivity contribution in [2.45, 2.75) is 0 Å². The minimum Gasteiger partial charge on any atom is -0.495 e. The van der Waals surface area contributed by atoms with Gasteiger partial charge in [0.25, 0.3) is 11.8 Å². The highest BCUT2D eigenvalue weighted by molar-refractivity contribution is 14.1. The molecule has 1 aliphatic heterocycles. The first kappa shape index (κ1) is 17.6. The van der Waals surface area contributed by atoms with E-state index in [-0.39, 0.29) is 10.7 Å². The molecule has 2 rings (SSSR count). The minimum atomic E-state index is -0.395. The van der Waals surface area contributed by atoms with Crippen LogP contribution in [0.25, 0.3) is 6.08 Å². The predicted octanol–water partition coefficient (Wildman–Crippen LogP) is 2.50.